The summed E-state index contributed by atoms with van der Waals surface area (Å²) in [6.07, 6.45) is 0. The van der Waals surface area contributed by atoms with Crippen molar-refractivity contribution in [3.05, 3.63) is 89.4 Å². The number of nitrogens with zero attached hydrogens (tertiary/aromatic N) is 1. The summed E-state index contributed by atoms with van der Waals surface area (Å²) in [5.74, 6) is 0. The van der Waals surface area contributed by atoms with Crippen LogP contribution in [-0.2, 0) is 10.0 Å². The average molecular weight is 400 g/mol. The first kappa shape index (κ1) is 18.9. The third-order valence-electron chi connectivity index (χ3n) is 3.81. The van der Waals surface area contributed by atoms with Crippen LogP contribution < -0.4 is 10.1 Å². The second kappa shape index (κ2) is 8.24. The smallest absolute Gasteiger partial charge is 0.261 e. The van der Waals surface area contributed by atoms with E-state index in [1.54, 1.807) is 60.7 Å². The van der Waals surface area contributed by atoms with Crippen LogP contribution in [0, 0.1) is 0 Å². The van der Waals surface area contributed by atoms with Crippen molar-refractivity contribution in [2.24, 2.45) is 5.10 Å². The molecule has 2 N–H and O–H groups in total. The van der Waals surface area contributed by atoms with E-state index in [0.29, 0.717) is 10.7 Å². The Kier molecular flexibility index (Phi) is 5.78. The van der Waals surface area contributed by atoms with Crippen LogP contribution in [0.5, 0.6) is 0 Å². The zero-order valence-corrected chi connectivity index (χ0v) is 16.1. The highest BCUT2D eigenvalue weighted by molar-refractivity contribution is 7.92. The third-order valence-corrected chi connectivity index (χ3v) is 5.45. The van der Waals surface area contributed by atoms with E-state index < -0.39 is 10.0 Å². The molecule has 27 heavy (non-hydrogen) atoms. The number of anilines is 2. The standard InChI is InChI=1S/C20H18ClN3O2S/c1-15(22-23-18-11-9-17(21)10-12-18)16-7-13-20(14-8-16)27(25,26)24-19-5-3-2-4-6-19/h2-14,23-24H,1H3. The van der Waals surface area contributed by atoms with Crippen molar-refractivity contribution in [2.45, 2.75) is 11.8 Å². The number of halogens is 1. The number of benzene rings is 3. The van der Waals surface area contributed by atoms with E-state index in [1.807, 2.05) is 25.1 Å². The van der Waals surface area contributed by atoms with Crippen LogP contribution in [-0.4, -0.2) is 14.1 Å². The highest BCUT2D eigenvalue weighted by Gasteiger charge is 2.14. The van der Waals surface area contributed by atoms with Crippen LogP contribution in [0.25, 0.3) is 0 Å². The molecule has 3 aromatic rings. The van der Waals surface area contributed by atoms with Gasteiger partial charge in [0.1, 0.15) is 0 Å². The van der Waals surface area contributed by atoms with Crippen molar-refractivity contribution in [1.82, 2.24) is 0 Å². The summed E-state index contributed by atoms with van der Waals surface area (Å²) >= 11 is 5.86. The van der Waals surface area contributed by atoms with Crippen LogP contribution in [0.1, 0.15) is 12.5 Å². The van der Waals surface area contributed by atoms with Gasteiger partial charge in [0.05, 0.1) is 16.3 Å². The lowest BCUT2D eigenvalue weighted by molar-refractivity contribution is 0.601. The first-order valence-corrected chi connectivity index (χ1v) is 10.0. The lowest BCUT2D eigenvalue weighted by Crippen LogP contribution is -2.13. The highest BCUT2D eigenvalue weighted by atomic mass is 35.5. The first-order valence-electron chi connectivity index (χ1n) is 8.18. The minimum atomic E-state index is -3.63. The van der Waals surface area contributed by atoms with E-state index in [0.717, 1.165) is 17.0 Å². The van der Waals surface area contributed by atoms with Gasteiger partial charge >= 0.3 is 0 Å². The molecule has 0 aromatic heterocycles. The summed E-state index contributed by atoms with van der Waals surface area (Å²) < 4.78 is 27.5. The lowest BCUT2D eigenvalue weighted by atomic mass is 10.1. The molecule has 7 heteroatoms. The van der Waals surface area contributed by atoms with Gasteiger partial charge in [-0.05, 0) is 61.0 Å². The molecule has 0 atom stereocenters. The van der Waals surface area contributed by atoms with Gasteiger partial charge in [0, 0.05) is 10.7 Å². The second-order valence-corrected chi connectivity index (χ2v) is 7.93. The van der Waals surface area contributed by atoms with Gasteiger partial charge in [-0.25, -0.2) is 8.42 Å². The van der Waals surface area contributed by atoms with Crippen molar-refractivity contribution >= 4 is 38.7 Å². The molecule has 0 saturated carbocycles. The van der Waals surface area contributed by atoms with E-state index in [4.69, 9.17) is 11.6 Å². The summed E-state index contributed by atoms with van der Waals surface area (Å²) in [4.78, 5) is 0.188. The van der Waals surface area contributed by atoms with Crippen LogP contribution in [0.4, 0.5) is 11.4 Å². The van der Waals surface area contributed by atoms with Gasteiger partial charge < -0.3 is 0 Å². The number of sulfonamides is 1. The predicted molar refractivity (Wildman–Crippen MR) is 111 cm³/mol. The monoisotopic (exact) mass is 399 g/mol. The normalized spacial score (nSPS) is 11.9. The maximum absolute atomic E-state index is 12.5. The quantitative estimate of drug-likeness (QED) is 0.453. The Hall–Kier alpha value is -2.83. The number of nitrogens with one attached hydrogen (secondary N) is 2. The number of hydrogen-bond donors (Lipinski definition) is 2. The van der Waals surface area contributed by atoms with Crippen molar-refractivity contribution in [1.29, 1.82) is 0 Å². The predicted octanol–water partition coefficient (Wildman–Crippen LogP) is 4.98. The molecule has 0 radical (unpaired) electrons. The Bertz CT molecular complexity index is 1030. The van der Waals surface area contributed by atoms with Gasteiger partial charge in [-0.2, -0.15) is 5.10 Å². The molecule has 0 unspecified atom stereocenters. The highest BCUT2D eigenvalue weighted by Crippen LogP contribution is 2.17. The molecule has 0 aliphatic heterocycles. The molecule has 0 spiro atoms. The van der Waals surface area contributed by atoms with Crippen molar-refractivity contribution in [2.75, 3.05) is 10.1 Å². The maximum atomic E-state index is 12.5. The summed E-state index contributed by atoms with van der Waals surface area (Å²) in [6.45, 7) is 1.84. The zero-order chi connectivity index (χ0) is 19.3. The largest absolute Gasteiger partial charge is 0.280 e. The van der Waals surface area contributed by atoms with Crippen molar-refractivity contribution in [3.63, 3.8) is 0 Å². The molecule has 138 valence electrons. The zero-order valence-electron chi connectivity index (χ0n) is 14.6. The Morgan fingerprint density at radius 1 is 0.852 bits per heavy atom. The molecule has 5 nitrogen and oxygen atoms in total. The molecule has 3 aromatic carbocycles. The fraction of sp³-hybridized carbons (Fsp3) is 0.0500. The van der Waals surface area contributed by atoms with Crippen LogP contribution in [0.2, 0.25) is 5.02 Å². The van der Waals surface area contributed by atoms with E-state index in [2.05, 4.69) is 15.2 Å². The first-order chi connectivity index (χ1) is 12.9. The molecule has 0 amide bonds. The summed E-state index contributed by atoms with van der Waals surface area (Å²) in [6, 6.07) is 22.5. The van der Waals surface area contributed by atoms with Gasteiger partial charge in [-0.3, -0.25) is 10.1 Å². The fourth-order valence-electron chi connectivity index (χ4n) is 2.33. The summed E-state index contributed by atoms with van der Waals surface area (Å²) in [7, 11) is -3.63. The minimum absolute atomic E-state index is 0.188. The topological polar surface area (TPSA) is 70.6 Å². The molecule has 0 heterocycles. The lowest BCUT2D eigenvalue weighted by Gasteiger charge is -2.09. The molecular formula is C20H18ClN3O2S. The molecule has 0 bridgehead atoms. The third kappa shape index (κ3) is 5.09. The average Bonchev–Trinajstić information content (AvgIpc) is 2.68. The Morgan fingerprint density at radius 3 is 2.11 bits per heavy atom. The van der Waals surface area contributed by atoms with Gasteiger partial charge in [0.15, 0.2) is 0 Å². The van der Waals surface area contributed by atoms with E-state index in [1.165, 1.54) is 0 Å². The van der Waals surface area contributed by atoms with Gasteiger partial charge in [0.25, 0.3) is 10.0 Å². The number of rotatable bonds is 6. The Morgan fingerprint density at radius 2 is 1.48 bits per heavy atom. The van der Waals surface area contributed by atoms with Crippen molar-refractivity contribution in [3.8, 4) is 0 Å². The minimum Gasteiger partial charge on any atom is -0.280 e. The van der Waals surface area contributed by atoms with E-state index >= 15 is 0 Å². The van der Waals surface area contributed by atoms with Gasteiger partial charge in [-0.15, -0.1) is 0 Å². The fourth-order valence-corrected chi connectivity index (χ4v) is 3.52. The van der Waals surface area contributed by atoms with Gasteiger partial charge in [0.2, 0.25) is 0 Å². The molecule has 0 saturated heterocycles. The van der Waals surface area contributed by atoms with Crippen molar-refractivity contribution < 1.29 is 8.42 Å². The Balaban J connectivity index is 1.72. The molecule has 0 aliphatic rings. The van der Waals surface area contributed by atoms with Gasteiger partial charge in [-0.1, -0.05) is 41.9 Å². The maximum Gasteiger partial charge on any atom is 0.261 e. The summed E-state index contributed by atoms with van der Waals surface area (Å²) in [5, 5.41) is 4.97. The van der Waals surface area contributed by atoms with Crippen LogP contribution in [0.3, 0.4) is 0 Å². The molecule has 0 fully saturated rings. The van der Waals surface area contributed by atoms with E-state index in [-0.39, 0.29) is 4.90 Å². The SMILES string of the molecule is CC(=NNc1ccc(Cl)cc1)c1ccc(S(=O)(=O)Nc2ccccc2)cc1. The van der Waals surface area contributed by atoms with Crippen LogP contribution in [0.15, 0.2) is 88.9 Å². The van der Waals surface area contributed by atoms with E-state index in [9.17, 15) is 8.42 Å². The van der Waals surface area contributed by atoms with Crippen LogP contribution >= 0.6 is 11.6 Å². The second-order valence-electron chi connectivity index (χ2n) is 5.81. The number of para-hydroxylation sites is 1. The number of hydrogen-bond acceptors (Lipinski definition) is 4. The summed E-state index contributed by atoms with van der Waals surface area (Å²) in [5.41, 5.74) is 5.82. The molecule has 0 aliphatic carbocycles. The Labute approximate surface area is 163 Å². The molecule has 3 rings (SSSR count). The number of hydrazone groups is 1. The molecular weight excluding hydrogens is 382 g/mol.